The molecule has 1 aromatic heterocycles. The van der Waals surface area contributed by atoms with Crippen LogP contribution in [0.15, 0.2) is 18.3 Å². The molecule has 1 aromatic carbocycles. The van der Waals surface area contributed by atoms with Crippen molar-refractivity contribution in [3.63, 3.8) is 0 Å². The first-order valence-corrected chi connectivity index (χ1v) is 13.1. The average Bonchev–Trinajstić information content (AvgIpc) is 3.57. The molecule has 2 unspecified atom stereocenters. The summed E-state index contributed by atoms with van der Waals surface area (Å²) in [6, 6.07) is 4.97. The fraction of sp³-hybridized carbons (Fsp3) is 0.667. The van der Waals surface area contributed by atoms with Gasteiger partial charge in [0.15, 0.2) is 0 Å². The first kappa shape index (κ1) is 22.8. The number of aromatic amines is 1. The molecular weight excluding hydrogens is 423 g/mol. The number of nitrogens with one attached hydrogen (secondary N) is 1. The SMILES string of the molecule is CN1CCC2(CCc3c(-c4cnc(C5CCCN5C)[nH]4)ccc(B4OC(C)(C)C(C)(C)O4)c32)C1. The summed E-state index contributed by atoms with van der Waals surface area (Å²) in [5, 5.41) is 0. The lowest BCUT2D eigenvalue weighted by molar-refractivity contribution is 0.00578. The van der Waals surface area contributed by atoms with Crippen LogP contribution < -0.4 is 5.46 Å². The average molecular weight is 462 g/mol. The molecule has 1 N–H and O–H groups in total. The molecule has 34 heavy (non-hydrogen) atoms. The summed E-state index contributed by atoms with van der Waals surface area (Å²) < 4.78 is 13.1. The quantitative estimate of drug-likeness (QED) is 0.706. The van der Waals surface area contributed by atoms with Gasteiger partial charge < -0.3 is 19.2 Å². The number of fused-ring (bicyclic) bond motifs is 2. The van der Waals surface area contributed by atoms with Crippen LogP contribution in [0.2, 0.25) is 0 Å². The van der Waals surface area contributed by atoms with Crippen molar-refractivity contribution in [3.8, 4) is 11.3 Å². The number of H-pyrrole nitrogens is 1. The second kappa shape index (κ2) is 7.66. The standard InChI is InChI=1S/C27H39BN4O2/c1-25(2)26(3,4)34-28(33-25)20-10-9-18(19-11-12-27(23(19)20)13-15-31(5)17-27)21-16-29-24(30-21)22-8-7-14-32(22)6/h9-10,16,22H,7-8,11-15,17H2,1-6H3,(H,29,30). The Balaban J connectivity index is 1.44. The first-order chi connectivity index (χ1) is 16.1. The summed E-state index contributed by atoms with van der Waals surface area (Å²) in [5.74, 6) is 1.10. The van der Waals surface area contributed by atoms with E-state index in [4.69, 9.17) is 14.3 Å². The molecule has 4 aliphatic rings. The molecule has 4 heterocycles. The van der Waals surface area contributed by atoms with Crippen molar-refractivity contribution in [2.24, 2.45) is 0 Å². The van der Waals surface area contributed by atoms with E-state index >= 15 is 0 Å². The van der Waals surface area contributed by atoms with E-state index in [0.29, 0.717) is 6.04 Å². The molecule has 182 valence electrons. The maximum absolute atomic E-state index is 6.57. The van der Waals surface area contributed by atoms with Gasteiger partial charge in [0.25, 0.3) is 0 Å². The molecule has 3 aliphatic heterocycles. The third kappa shape index (κ3) is 3.35. The van der Waals surface area contributed by atoms with Crippen LogP contribution >= 0.6 is 0 Å². The molecule has 0 amide bonds. The second-order valence-electron chi connectivity index (χ2n) is 12.2. The Morgan fingerprint density at radius 1 is 1.06 bits per heavy atom. The van der Waals surface area contributed by atoms with Gasteiger partial charge in [0, 0.05) is 17.5 Å². The summed E-state index contributed by atoms with van der Waals surface area (Å²) in [4.78, 5) is 13.4. The maximum atomic E-state index is 6.57. The lowest BCUT2D eigenvalue weighted by Gasteiger charge is -2.32. The second-order valence-corrected chi connectivity index (χ2v) is 12.2. The number of hydrogen-bond donors (Lipinski definition) is 1. The van der Waals surface area contributed by atoms with Gasteiger partial charge >= 0.3 is 7.12 Å². The van der Waals surface area contributed by atoms with Gasteiger partial charge in [-0.2, -0.15) is 0 Å². The predicted octanol–water partition coefficient (Wildman–Crippen LogP) is 3.66. The van der Waals surface area contributed by atoms with Gasteiger partial charge in [-0.05, 0) is 104 Å². The van der Waals surface area contributed by atoms with Crippen LogP contribution in [0.3, 0.4) is 0 Å². The van der Waals surface area contributed by atoms with Crippen LogP contribution in [0.1, 0.15) is 76.4 Å². The molecule has 1 spiro atoms. The minimum Gasteiger partial charge on any atom is -0.399 e. The van der Waals surface area contributed by atoms with Crippen LogP contribution in [-0.4, -0.2) is 71.8 Å². The predicted molar refractivity (Wildman–Crippen MR) is 136 cm³/mol. The van der Waals surface area contributed by atoms with Crippen molar-refractivity contribution in [3.05, 3.63) is 35.3 Å². The molecule has 2 atom stereocenters. The molecule has 0 saturated carbocycles. The normalized spacial score (nSPS) is 30.6. The van der Waals surface area contributed by atoms with Gasteiger partial charge in [-0.15, -0.1) is 0 Å². The summed E-state index contributed by atoms with van der Waals surface area (Å²) in [5.41, 5.74) is 6.16. The Hall–Kier alpha value is -1.67. The zero-order chi connectivity index (χ0) is 23.9. The van der Waals surface area contributed by atoms with Crippen molar-refractivity contribution < 1.29 is 9.31 Å². The van der Waals surface area contributed by atoms with E-state index in [1.165, 1.54) is 47.8 Å². The number of rotatable bonds is 3. The highest BCUT2D eigenvalue weighted by atomic mass is 16.7. The monoisotopic (exact) mass is 462 g/mol. The molecule has 0 radical (unpaired) electrons. The number of hydrogen-bond acceptors (Lipinski definition) is 5. The highest BCUT2D eigenvalue weighted by Gasteiger charge is 2.55. The molecule has 7 heteroatoms. The van der Waals surface area contributed by atoms with Crippen molar-refractivity contribution in [1.29, 1.82) is 0 Å². The number of likely N-dealkylation sites (N-methyl/N-ethyl adjacent to an activating group) is 1. The highest BCUT2D eigenvalue weighted by Crippen LogP contribution is 2.48. The zero-order valence-corrected chi connectivity index (χ0v) is 21.7. The molecule has 6 rings (SSSR count). The van der Waals surface area contributed by atoms with Crippen molar-refractivity contribution in [1.82, 2.24) is 19.8 Å². The number of likely N-dealkylation sites (tertiary alicyclic amines) is 2. The van der Waals surface area contributed by atoms with Crippen LogP contribution in [0.25, 0.3) is 11.3 Å². The number of benzene rings is 1. The summed E-state index contributed by atoms with van der Waals surface area (Å²) in [6.07, 6.45) is 7.97. The van der Waals surface area contributed by atoms with Crippen LogP contribution in [0.4, 0.5) is 0 Å². The number of imidazole rings is 1. The van der Waals surface area contributed by atoms with Gasteiger partial charge in [-0.3, -0.25) is 4.90 Å². The van der Waals surface area contributed by atoms with Gasteiger partial charge in [-0.25, -0.2) is 4.98 Å². The minimum absolute atomic E-state index is 0.188. The van der Waals surface area contributed by atoms with Crippen LogP contribution in [0, 0.1) is 0 Å². The smallest absolute Gasteiger partial charge is 0.399 e. The van der Waals surface area contributed by atoms with Gasteiger partial charge in [0.05, 0.1) is 29.1 Å². The number of nitrogens with zero attached hydrogens (tertiary/aromatic N) is 3. The Labute approximate surface area is 204 Å². The fourth-order valence-corrected chi connectivity index (χ4v) is 6.85. The van der Waals surface area contributed by atoms with E-state index in [9.17, 15) is 0 Å². The van der Waals surface area contributed by atoms with E-state index in [0.717, 1.165) is 37.6 Å². The van der Waals surface area contributed by atoms with Crippen molar-refractivity contribution >= 4 is 12.6 Å². The molecule has 3 fully saturated rings. The van der Waals surface area contributed by atoms with Crippen molar-refractivity contribution in [2.75, 3.05) is 33.7 Å². The molecule has 1 aliphatic carbocycles. The van der Waals surface area contributed by atoms with E-state index in [-0.39, 0.29) is 23.7 Å². The van der Waals surface area contributed by atoms with Crippen molar-refractivity contribution in [2.45, 2.75) is 82.5 Å². The molecule has 3 saturated heterocycles. The van der Waals surface area contributed by atoms with E-state index in [1.54, 1.807) is 0 Å². The topological polar surface area (TPSA) is 53.6 Å². The van der Waals surface area contributed by atoms with E-state index in [1.807, 2.05) is 0 Å². The summed E-state index contributed by atoms with van der Waals surface area (Å²) in [6.45, 7) is 12.0. The summed E-state index contributed by atoms with van der Waals surface area (Å²) in [7, 11) is 4.14. The molecule has 6 nitrogen and oxygen atoms in total. The lowest BCUT2D eigenvalue weighted by Crippen LogP contribution is -2.42. The molecular formula is C27H39BN4O2. The number of aromatic nitrogens is 2. The zero-order valence-electron chi connectivity index (χ0n) is 21.7. The lowest BCUT2D eigenvalue weighted by atomic mass is 9.67. The Morgan fingerprint density at radius 3 is 2.47 bits per heavy atom. The Morgan fingerprint density at radius 2 is 1.82 bits per heavy atom. The minimum atomic E-state index is -0.340. The van der Waals surface area contributed by atoms with Gasteiger partial charge in [0.2, 0.25) is 0 Å². The third-order valence-corrected chi connectivity index (χ3v) is 9.50. The maximum Gasteiger partial charge on any atom is 0.495 e. The first-order valence-electron chi connectivity index (χ1n) is 13.1. The summed E-state index contributed by atoms with van der Waals surface area (Å²) >= 11 is 0. The largest absolute Gasteiger partial charge is 0.495 e. The highest BCUT2D eigenvalue weighted by molar-refractivity contribution is 6.62. The van der Waals surface area contributed by atoms with Crippen LogP contribution in [0.5, 0.6) is 0 Å². The van der Waals surface area contributed by atoms with E-state index < -0.39 is 0 Å². The molecule has 0 bridgehead atoms. The Kier molecular flexibility index (Phi) is 5.13. The van der Waals surface area contributed by atoms with Crippen LogP contribution in [-0.2, 0) is 21.1 Å². The fourth-order valence-electron chi connectivity index (χ4n) is 6.85. The Bertz CT molecular complexity index is 1100. The molecule has 2 aromatic rings. The van der Waals surface area contributed by atoms with E-state index in [2.05, 4.69) is 74.9 Å². The van der Waals surface area contributed by atoms with Gasteiger partial charge in [-0.1, -0.05) is 12.1 Å². The third-order valence-electron chi connectivity index (χ3n) is 9.50. The van der Waals surface area contributed by atoms with Gasteiger partial charge in [0.1, 0.15) is 5.82 Å².